The molecule has 8 aromatic rings. The Morgan fingerprint density at radius 2 is 0.688 bits per heavy atom. The first-order chi connectivity index (χ1) is 23.3. The fraction of sp³-hybridized carbons (Fsp3) is 0. The van der Waals surface area contributed by atoms with Gasteiger partial charge >= 0.3 is 0 Å². The lowest BCUT2D eigenvalue weighted by atomic mass is 9.91. The first kappa shape index (κ1) is 28.7. The molecule has 234 valence electrons. The highest BCUT2D eigenvalue weighted by atomic mass is 16.3. The molecule has 0 aliphatic carbocycles. The van der Waals surface area contributed by atoms with Crippen molar-refractivity contribution in [3.8, 4) is 34.5 Å². The number of hydrogen-bond donors (Lipinski definition) is 6. The van der Waals surface area contributed by atoms with Crippen LogP contribution in [0.15, 0.2) is 133 Å². The number of hydrogen-bond acceptors (Lipinski definition) is 8. The molecule has 0 aromatic heterocycles. The van der Waals surface area contributed by atoms with E-state index in [0.29, 0.717) is 22.7 Å². The minimum atomic E-state index is -0.295. The molecule has 0 amide bonds. The quantitative estimate of drug-likeness (QED) is 0.100. The van der Waals surface area contributed by atoms with Gasteiger partial charge in [0.1, 0.15) is 45.9 Å². The molecule has 0 aliphatic rings. The summed E-state index contributed by atoms with van der Waals surface area (Å²) in [6, 6.07) is 39.4. The molecule has 0 saturated carbocycles. The molecule has 8 nitrogen and oxygen atoms in total. The highest BCUT2D eigenvalue weighted by Gasteiger charge is 2.26. The molecule has 0 atom stereocenters. The highest BCUT2D eigenvalue weighted by Crippen LogP contribution is 2.53. The van der Waals surface area contributed by atoms with Gasteiger partial charge in [-0.1, -0.05) is 72.8 Å². The molecule has 0 radical (unpaired) electrons. The van der Waals surface area contributed by atoms with E-state index in [1.54, 1.807) is 9.80 Å². The van der Waals surface area contributed by atoms with E-state index in [4.69, 9.17) is 0 Å². The van der Waals surface area contributed by atoms with Crippen LogP contribution in [0.5, 0.6) is 34.5 Å². The molecule has 8 heteroatoms. The Kier molecular flexibility index (Phi) is 6.52. The molecule has 0 heterocycles. The molecule has 48 heavy (non-hydrogen) atoms. The summed E-state index contributed by atoms with van der Waals surface area (Å²) in [5.41, 5.74) is 2.94. The van der Waals surface area contributed by atoms with E-state index < -0.39 is 0 Å². The fourth-order valence-electron chi connectivity index (χ4n) is 6.73. The Balaban J connectivity index is 1.44. The predicted molar refractivity (Wildman–Crippen MR) is 190 cm³/mol. The van der Waals surface area contributed by atoms with E-state index in [9.17, 15) is 30.6 Å². The SMILES string of the molecule is Oc1cc(O)c(N(c2ccccc2)c2ccc3ccc4c(N(c5ccccc5)c5c(O)cc(O)cc5O)ccc5ccc2c3c54)c(O)c1. The van der Waals surface area contributed by atoms with Crippen LogP contribution in [0.25, 0.3) is 32.3 Å². The van der Waals surface area contributed by atoms with E-state index in [1.807, 2.05) is 109 Å². The van der Waals surface area contributed by atoms with Gasteiger partial charge in [0.05, 0.1) is 11.4 Å². The van der Waals surface area contributed by atoms with Crippen molar-refractivity contribution >= 4 is 66.4 Å². The van der Waals surface area contributed by atoms with Crippen LogP contribution in [0.4, 0.5) is 34.1 Å². The lowest BCUT2D eigenvalue weighted by Crippen LogP contribution is -2.12. The second-order valence-electron chi connectivity index (χ2n) is 11.6. The van der Waals surface area contributed by atoms with Crippen molar-refractivity contribution in [1.29, 1.82) is 0 Å². The topological polar surface area (TPSA) is 128 Å². The Bertz CT molecular complexity index is 2260. The maximum absolute atomic E-state index is 11.1. The Morgan fingerprint density at radius 1 is 0.354 bits per heavy atom. The van der Waals surface area contributed by atoms with Crippen LogP contribution in [-0.4, -0.2) is 30.6 Å². The fourth-order valence-corrected chi connectivity index (χ4v) is 6.73. The van der Waals surface area contributed by atoms with E-state index in [1.165, 1.54) is 24.3 Å². The number of anilines is 6. The van der Waals surface area contributed by atoms with Crippen LogP contribution in [0, 0.1) is 0 Å². The first-order valence-corrected chi connectivity index (χ1v) is 15.2. The molecule has 0 fully saturated rings. The van der Waals surface area contributed by atoms with Crippen LogP contribution in [0.2, 0.25) is 0 Å². The lowest BCUT2D eigenvalue weighted by molar-refractivity contribution is 0.428. The molecule has 0 spiro atoms. The van der Waals surface area contributed by atoms with Gasteiger partial charge in [0, 0.05) is 46.4 Å². The summed E-state index contributed by atoms with van der Waals surface area (Å²) >= 11 is 0. The minimum Gasteiger partial charge on any atom is -0.508 e. The normalized spacial score (nSPS) is 11.4. The maximum Gasteiger partial charge on any atom is 0.147 e. The van der Waals surface area contributed by atoms with Crippen LogP contribution in [0.1, 0.15) is 0 Å². The van der Waals surface area contributed by atoms with Crippen molar-refractivity contribution in [3.05, 3.63) is 133 Å². The monoisotopic (exact) mass is 632 g/mol. The molecule has 8 aromatic carbocycles. The molecule has 0 saturated heterocycles. The van der Waals surface area contributed by atoms with Crippen molar-refractivity contribution < 1.29 is 30.6 Å². The zero-order chi connectivity index (χ0) is 33.1. The van der Waals surface area contributed by atoms with E-state index in [0.717, 1.165) is 32.3 Å². The molecule has 6 N–H and O–H groups in total. The third-order valence-corrected chi connectivity index (χ3v) is 8.69. The van der Waals surface area contributed by atoms with E-state index in [2.05, 4.69) is 0 Å². The first-order valence-electron chi connectivity index (χ1n) is 15.2. The van der Waals surface area contributed by atoms with Crippen molar-refractivity contribution in [2.45, 2.75) is 0 Å². The van der Waals surface area contributed by atoms with Gasteiger partial charge in [-0.05, 0) is 57.9 Å². The average molecular weight is 633 g/mol. The van der Waals surface area contributed by atoms with Gasteiger partial charge in [0.2, 0.25) is 0 Å². The van der Waals surface area contributed by atoms with Crippen molar-refractivity contribution in [2.75, 3.05) is 9.80 Å². The van der Waals surface area contributed by atoms with Gasteiger partial charge in [-0.15, -0.1) is 0 Å². The van der Waals surface area contributed by atoms with Gasteiger partial charge in [0.15, 0.2) is 0 Å². The Hall–Kier alpha value is -6.80. The average Bonchev–Trinajstić information content (AvgIpc) is 3.08. The summed E-state index contributed by atoms with van der Waals surface area (Å²) in [6.07, 6.45) is 0. The van der Waals surface area contributed by atoms with Crippen molar-refractivity contribution in [3.63, 3.8) is 0 Å². The number of aromatic hydroxyl groups is 6. The lowest BCUT2D eigenvalue weighted by Gasteiger charge is -2.30. The van der Waals surface area contributed by atoms with Crippen LogP contribution >= 0.6 is 0 Å². The zero-order valence-corrected chi connectivity index (χ0v) is 25.3. The summed E-state index contributed by atoms with van der Waals surface area (Å²) in [7, 11) is 0. The highest BCUT2D eigenvalue weighted by molar-refractivity contribution is 6.28. The van der Waals surface area contributed by atoms with Crippen LogP contribution in [-0.2, 0) is 0 Å². The van der Waals surface area contributed by atoms with Crippen LogP contribution < -0.4 is 9.80 Å². The number of nitrogens with zero attached hydrogens (tertiary/aromatic N) is 2. The van der Waals surface area contributed by atoms with Gasteiger partial charge in [-0.3, -0.25) is 0 Å². The number of rotatable bonds is 6. The molecule has 0 bridgehead atoms. The second-order valence-corrected chi connectivity index (χ2v) is 11.6. The largest absolute Gasteiger partial charge is 0.508 e. The van der Waals surface area contributed by atoms with Gasteiger partial charge in [0.25, 0.3) is 0 Å². The molecular weight excluding hydrogens is 604 g/mol. The Labute approximate surface area is 274 Å². The number of para-hydroxylation sites is 2. The van der Waals surface area contributed by atoms with Crippen molar-refractivity contribution in [1.82, 2.24) is 0 Å². The standard InChI is InChI=1S/C40H28N2O6/c43-27-19-33(45)39(34(46)20-27)41(25-7-3-1-4-8-25)31-17-13-23-12-16-30-32(18-14-24-11-15-29(31)37(23)38(24)30)42(26-9-5-2-6-10-26)40-35(47)21-28(44)22-36(40)48/h1-22,43-48H. The summed E-state index contributed by atoms with van der Waals surface area (Å²) in [5, 5.41) is 69.9. The summed E-state index contributed by atoms with van der Waals surface area (Å²) < 4.78 is 0. The van der Waals surface area contributed by atoms with Crippen LogP contribution in [0.3, 0.4) is 0 Å². The minimum absolute atomic E-state index is 0.114. The zero-order valence-electron chi connectivity index (χ0n) is 25.3. The summed E-state index contributed by atoms with van der Waals surface area (Å²) in [4.78, 5) is 3.53. The van der Waals surface area contributed by atoms with Gasteiger partial charge < -0.3 is 40.4 Å². The van der Waals surface area contributed by atoms with Crippen molar-refractivity contribution in [2.24, 2.45) is 0 Å². The summed E-state index contributed by atoms with van der Waals surface area (Å²) in [5.74, 6) is -1.71. The molecule has 0 aliphatic heterocycles. The van der Waals surface area contributed by atoms with E-state index in [-0.39, 0.29) is 45.9 Å². The summed E-state index contributed by atoms with van der Waals surface area (Å²) in [6.45, 7) is 0. The molecule has 0 unspecified atom stereocenters. The number of phenols is 6. The smallest absolute Gasteiger partial charge is 0.147 e. The second kappa shape index (κ2) is 10.9. The molecular formula is C40H28N2O6. The number of phenolic OH excluding ortho intramolecular Hbond substituents is 6. The number of benzene rings is 8. The third kappa shape index (κ3) is 4.46. The molecule has 8 rings (SSSR count). The van der Waals surface area contributed by atoms with Gasteiger partial charge in [-0.25, -0.2) is 0 Å². The predicted octanol–water partition coefficient (Wildman–Crippen LogP) is 9.76. The Morgan fingerprint density at radius 3 is 1.04 bits per heavy atom. The van der Waals surface area contributed by atoms with E-state index >= 15 is 0 Å². The van der Waals surface area contributed by atoms with Gasteiger partial charge in [-0.2, -0.15) is 0 Å². The maximum atomic E-state index is 11.1. The third-order valence-electron chi connectivity index (χ3n) is 8.69.